The average molecular weight is 353 g/mol. The third kappa shape index (κ3) is 4.02. The minimum absolute atomic E-state index is 0.0840. The Morgan fingerprint density at radius 3 is 2.58 bits per heavy atom. The van der Waals surface area contributed by atoms with Gasteiger partial charge >= 0.3 is 0 Å². The molecule has 6 nitrogen and oxygen atoms in total. The van der Waals surface area contributed by atoms with Gasteiger partial charge in [-0.25, -0.2) is 0 Å². The monoisotopic (exact) mass is 353 g/mol. The third-order valence-electron chi connectivity index (χ3n) is 5.00. The maximum atomic E-state index is 12.7. The molecule has 0 aromatic heterocycles. The number of nitro benzene ring substituents is 1. The van der Waals surface area contributed by atoms with Gasteiger partial charge in [0.15, 0.2) is 0 Å². The predicted octanol–water partition coefficient (Wildman–Crippen LogP) is 4.08. The molecule has 1 aliphatic rings. The molecule has 1 fully saturated rings. The van der Waals surface area contributed by atoms with Gasteiger partial charge in [0.2, 0.25) is 0 Å². The summed E-state index contributed by atoms with van der Waals surface area (Å²) in [7, 11) is 1.76. The minimum atomic E-state index is -0.450. The first-order valence-corrected chi connectivity index (χ1v) is 8.80. The molecule has 1 unspecified atom stereocenters. The van der Waals surface area contributed by atoms with E-state index in [1.165, 1.54) is 6.07 Å². The van der Waals surface area contributed by atoms with Gasteiger partial charge in [-0.2, -0.15) is 0 Å². The van der Waals surface area contributed by atoms with Crippen LogP contribution in [0.15, 0.2) is 48.5 Å². The van der Waals surface area contributed by atoms with Crippen LogP contribution in [0.1, 0.15) is 35.7 Å². The summed E-state index contributed by atoms with van der Waals surface area (Å²) in [6, 6.07) is 14.4. The van der Waals surface area contributed by atoms with Crippen molar-refractivity contribution >= 4 is 17.3 Å². The molecule has 1 aliphatic carbocycles. The van der Waals surface area contributed by atoms with E-state index in [0.717, 1.165) is 18.4 Å². The second-order valence-corrected chi connectivity index (χ2v) is 6.82. The molecule has 0 heterocycles. The fourth-order valence-electron chi connectivity index (χ4n) is 3.04. The molecule has 26 heavy (non-hydrogen) atoms. The van der Waals surface area contributed by atoms with Crippen LogP contribution in [0.5, 0.6) is 0 Å². The second kappa shape index (κ2) is 7.56. The molecule has 0 radical (unpaired) electrons. The number of rotatable bonds is 7. The molecule has 136 valence electrons. The minimum Gasteiger partial charge on any atom is -0.375 e. The van der Waals surface area contributed by atoms with Gasteiger partial charge in [-0.1, -0.05) is 30.3 Å². The van der Waals surface area contributed by atoms with Gasteiger partial charge < -0.3 is 10.2 Å². The fourth-order valence-corrected chi connectivity index (χ4v) is 3.04. The molecule has 0 bridgehead atoms. The number of nitro groups is 1. The summed E-state index contributed by atoms with van der Waals surface area (Å²) >= 11 is 0. The standard InChI is InChI=1S/C20H23N3O3/c1-14(16-8-9-16)22(2)20(24)17-10-11-18(19(12-17)23(25)26)21-13-15-6-4-3-5-7-15/h3-7,10-12,14,16,21H,8-9,13H2,1-2H3. The van der Waals surface area contributed by atoms with E-state index < -0.39 is 4.92 Å². The largest absolute Gasteiger partial charge is 0.375 e. The Labute approximate surface area is 153 Å². The number of hydrogen-bond donors (Lipinski definition) is 1. The zero-order chi connectivity index (χ0) is 18.7. The number of carbonyl (C=O) groups excluding carboxylic acids is 1. The van der Waals surface area contributed by atoms with Crippen molar-refractivity contribution in [2.75, 3.05) is 12.4 Å². The van der Waals surface area contributed by atoms with Crippen molar-refractivity contribution in [1.29, 1.82) is 0 Å². The van der Waals surface area contributed by atoms with Crippen molar-refractivity contribution in [3.8, 4) is 0 Å². The normalized spacial score (nSPS) is 14.5. The number of amides is 1. The van der Waals surface area contributed by atoms with E-state index in [1.54, 1.807) is 24.1 Å². The number of anilines is 1. The fraction of sp³-hybridized carbons (Fsp3) is 0.350. The van der Waals surface area contributed by atoms with Crippen LogP contribution in [-0.2, 0) is 6.54 Å². The molecular weight excluding hydrogens is 330 g/mol. The first-order chi connectivity index (χ1) is 12.5. The lowest BCUT2D eigenvalue weighted by Crippen LogP contribution is -2.36. The van der Waals surface area contributed by atoms with Crippen molar-refractivity contribution in [2.24, 2.45) is 5.92 Å². The van der Waals surface area contributed by atoms with Crippen LogP contribution in [0, 0.1) is 16.0 Å². The van der Waals surface area contributed by atoms with Gasteiger partial charge in [-0.05, 0) is 43.4 Å². The molecule has 0 aliphatic heterocycles. The molecule has 3 rings (SSSR count). The maximum Gasteiger partial charge on any atom is 0.293 e. The van der Waals surface area contributed by atoms with Crippen molar-refractivity contribution in [3.05, 3.63) is 69.8 Å². The Morgan fingerprint density at radius 2 is 1.96 bits per heavy atom. The maximum absolute atomic E-state index is 12.7. The first kappa shape index (κ1) is 17.9. The van der Waals surface area contributed by atoms with E-state index in [0.29, 0.717) is 23.7 Å². The molecule has 6 heteroatoms. The quantitative estimate of drug-likeness (QED) is 0.601. The van der Waals surface area contributed by atoms with E-state index in [2.05, 4.69) is 5.32 Å². The van der Waals surface area contributed by atoms with Gasteiger partial charge in [0.1, 0.15) is 5.69 Å². The zero-order valence-electron chi connectivity index (χ0n) is 15.0. The summed E-state index contributed by atoms with van der Waals surface area (Å²) in [6.07, 6.45) is 2.28. The lowest BCUT2D eigenvalue weighted by atomic mass is 10.1. The third-order valence-corrected chi connectivity index (χ3v) is 5.00. The van der Waals surface area contributed by atoms with Gasteiger partial charge in [0, 0.05) is 31.3 Å². The number of benzene rings is 2. The molecule has 1 saturated carbocycles. The Kier molecular flexibility index (Phi) is 5.21. The van der Waals surface area contributed by atoms with Crippen molar-refractivity contribution in [2.45, 2.75) is 32.4 Å². The molecular formula is C20H23N3O3. The Hall–Kier alpha value is -2.89. The molecule has 1 N–H and O–H groups in total. The van der Waals surface area contributed by atoms with Crippen molar-refractivity contribution < 1.29 is 9.72 Å². The molecule has 2 aromatic rings. The smallest absolute Gasteiger partial charge is 0.293 e. The topological polar surface area (TPSA) is 75.5 Å². The zero-order valence-corrected chi connectivity index (χ0v) is 15.0. The van der Waals surface area contributed by atoms with E-state index in [4.69, 9.17) is 0 Å². The highest BCUT2D eigenvalue weighted by Crippen LogP contribution is 2.35. The molecule has 1 amide bonds. The highest BCUT2D eigenvalue weighted by Gasteiger charge is 2.33. The highest BCUT2D eigenvalue weighted by molar-refractivity contribution is 5.95. The number of nitrogens with one attached hydrogen (secondary N) is 1. The van der Waals surface area contributed by atoms with Gasteiger partial charge in [-0.15, -0.1) is 0 Å². The first-order valence-electron chi connectivity index (χ1n) is 8.80. The average Bonchev–Trinajstić information content (AvgIpc) is 3.50. The van der Waals surface area contributed by atoms with Crippen LogP contribution in [0.3, 0.4) is 0 Å². The lowest BCUT2D eigenvalue weighted by Gasteiger charge is -2.25. The molecule has 0 spiro atoms. The summed E-state index contributed by atoms with van der Waals surface area (Å²) < 4.78 is 0. The predicted molar refractivity (Wildman–Crippen MR) is 101 cm³/mol. The van der Waals surface area contributed by atoms with Crippen LogP contribution in [0.2, 0.25) is 0 Å². The number of nitrogens with zero attached hydrogens (tertiary/aromatic N) is 2. The summed E-state index contributed by atoms with van der Waals surface area (Å²) in [5, 5.41) is 14.6. The van der Waals surface area contributed by atoms with Gasteiger partial charge in [0.25, 0.3) is 11.6 Å². The lowest BCUT2D eigenvalue weighted by molar-refractivity contribution is -0.384. The van der Waals surface area contributed by atoms with Crippen molar-refractivity contribution in [3.63, 3.8) is 0 Å². The second-order valence-electron chi connectivity index (χ2n) is 6.82. The number of hydrogen-bond acceptors (Lipinski definition) is 4. The number of carbonyl (C=O) groups is 1. The summed E-state index contributed by atoms with van der Waals surface area (Å²) in [5.74, 6) is 0.368. The van der Waals surface area contributed by atoms with Crippen molar-refractivity contribution in [1.82, 2.24) is 4.90 Å². The van der Waals surface area contributed by atoms with Crippen LogP contribution in [0.4, 0.5) is 11.4 Å². The van der Waals surface area contributed by atoms with E-state index in [1.807, 2.05) is 37.3 Å². The van der Waals surface area contributed by atoms with E-state index >= 15 is 0 Å². The Bertz CT molecular complexity index is 803. The van der Waals surface area contributed by atoms with E-state index in [-0.39, 0.29) is 17.6 Å². The van der Waals surface area contributed by atoms with E-state index in [9.17, 15) is 14.9 Å². The van der Waals surface area contributed by atoms with Crippen LogP contribution in [-0.4, -0.2) is 28.8 Å². The van der Waals surface area contributed by atoms with Crippen LogP contribution >= 0.6 is 0 Å². The Balaban J connectivity index is 1.77. The van der Waals surface area contributed by atoms with Gasteiger partial charge in [-0.3, -0.25) is 14.9 Å². The highest BCUT2D eigenvalue weighted by atomic mass is 16.6. The van der Waals surface area contributed by atoms with Gasteiger partial charge in [0.05, 0.1) is 4.92 Å². The SMILES string of the molecule is CC(C1CC1)N(C)C(=O)c1ccc(NCc2ccccc2)c([N+](=O)[O-])c1. The summed E-state index contributed by atoms with van der Waals surface area (Å²) in [4.78, 5) is 25.4. The molecule has 0 saturated heterocycles. The summed E-state index contributed by atoms with van der Waals surface area (Å²) in [5.41, 5.74) is 1.70. The molecule has 2 aromatic carbocycles. The van der Waals surface area contributed by atoms with Crippen LogP contribution < -0.4 is 5.32 Å². The molecule has 1 atom stereocenters. The summed E-state index contributed by atoms with van der Waals surface area (Å²) in [6.45, 7) is 2.51. The van der Waals surface area contributed by atoms with Crippen LogP contribution in [0.25, 0.3) is 0 Å². The Morgan fingerprint density at radius 1 is 1.27 bits per heavy atom.